The summed E-state index contributed by atoms with van der Waals surface area (Å²) in [7, 11) is 0. The van der Waals surface area contributed by atoms with Gasteiger partial charge in [-0.25, -0.2) is 0 Å². The van der Waals surface area contributed by atoms with Crippen molar-refractivity contribution in [3.05, 3.63) is 65.7 Å². The third-order valence-corrected chi connectivity index (χ3v) is 4.82. The molecule has 0 saturated heterocycles. The Morgan fingerprint density at radius 1 is 1.00 bits per heavy atom. The van der Waals surface area contributed by atoms with Crippen molar-refractivity contribution < 1.29 is 9.59 Å². The van der Waals surface area contributed by atoms with Crippen molar-refractivity contribution in [3.63, 3.8) is 0 Å². The van der Waals surface area contributed by atoms with Crippen molar-refractivity contribution in [2.75, 3.05) is 5.75 Å². The van der Waals surface area contributed by atoms with E-state index in [2.05, 4.69) is 10.9 Å². The van der Waals surface area contributed by atoms with Gasteiger partial charge in [-0.05, 0) is 31.0 Å². The molecule has 0 aliphatic heterocycles. The van der Waals surface area contributed by atoms with E-state index in [0.717, 1.165) is 23.3 Å². The zero-order valence-corrected chi connectivity index (χ0v) is 15.4. The molecule has 4 nitrogen and oxygen atoms in total. The van der Waals surface area contributed by atoms with Gasteiger partial charge in [0.05, 0.1) is 11.7 Å². The highest BCUT2D eigenvalue weighted by atomic mass is 32.2. The summed E-state index contributed by atoms with van der Waals surface area (Å²) in [6, 6.07) is 17.6. The average molecular weight is 356 g/mol. The number of hydrogen-bond donors (Lipinski definition) is 2. The minimum absolute atomic E-state index is 0.179. The molecule has 2 amide bonds. The first kappa shape index (κ1) is 19.1. The van der Waals surface area contributed by atoms with Gasteiger partial charge in [-0.2, -0.15) is 0 Å². The molecule has 0 bridgehead atoms. The molecule has 132 valence electrons. The van der Waals surface area contributed by atoms with E-state index in [1.807, 2.05) is 68.4 Å². The van der Waals surface area contributed by atoms with Gasteiger partial charge in [-0.1, -0.05) is 61.4 Å². The van der Waals surface area contributed by atoms with Crippen LogP contribution in [0.15, 0.2) is 59.5 Å². The number of benzene rings is 2. The van der Waals surface area contributed by atoms with E-state index in [0.29, 0.717) is 0 Å². The highest BCUT2D eigenvalue weighted by Crippen LogP contribution is 2.21. The summed E-state index contributed by atoms with van der Waals surface area (Å²) in [5.74, 6) is -0.396. The van der Waals surface area contributed by atoms with Crippen LogP contribution in [0.3, 0.4) is 0 Å². The van der Waals surface area contributed by atoms with E-state index in [-0.39, 0.29) is 23.5 Å². The number of amides is 2. The zero-order chi connectivity index (χ0) is 18.1. The first-order valence-corrected chi connectivity index (χ1v) is 9.41. The minimum atomic E-state index is -0.253. The smallest absolute Gasteiger partial charge is 0.248 e. The maximum Gasteiger partial charge on any atom is 0.248 e. The lowest BCUT2D eigenvalue weighted by molar-refractivity contribution is -0.128. The van der Waals surface area contributed by atoms with Crippen LogP contribution in [0.5, 0.6) is 0 Å². The Morgan fingerprint density at radius 3 is 2.32 bits per heavy atom. The quantitative estimate of drug-likeness (QED) is 0.586. The highest BCUT2D eigenvalue weighted by Gasteiger charge is 2.19. The summed E-state index contributed by atoms with van der Waals surface area (Å²) in [6.45, 7) is 4.07. The number of aryl methyl sites for hydroxylation is 1. The summed E-state index contributed by atoms with van der Waals surface area (Å²) >= 11 is 1.44. The average Bonchev–Trinajstić information content (AvgIpc) is 2.64. The lowest BCUT2D eigenvalue weighted by Gasteiger charge is -2.17. The lowest BCUT2D eigenvalue weighted by atomic mass is 9.94. The van der Waals surface area contributed by atoms with Gasteiger partial charge in [0.25, 0.3) is 0 Å². The van der Waals surface area contributed by atoms with E-state index < -0.39 is 0 Å². The molecule has 2 N–H and O–H groups in total. The van der Waals surface area contributed by atoms with Crippen molar-refractivity contribution in [3.8, 4) is 0 Å². The van der Waals surface area contributed by atoms with Gasteiger partial charge in [0.2, 0.25) is 11.8 Å². The van der Waals surface area contributed by atoms with Crippen LogP contribution in [-0.2, 0) is 9.59 Å². The van der Waals surface area contributed by atoms with Crippen LogP contribution in [0.25, 0.3) is 0 Å². The maximum absolute atomic E-state index is 12.4. The largest absolute Gasteiger partial charge is 0.273 e. The number of nitrogens with one attached hydrogen (secondary N) is 2. The molecule has 2 aromatic carbocycles. The third-order valence-electron chi connectivity index (χ3n) is 3.81. The molecule has 0 heterocycles. The summed E-state index contributed by atoms with van der Waals surface area (Å²) in [6.07, 6.45) is 1.63. The predicted molar refractivity (Wildman–Crippen MR) is 102 cm³/mol. The van der Waals surface area contributed by atoms with Crippen LogP contribution in [-0.4, -0.2) is 17.6 Å². The molecule has 0 saturated carbocycles. The van der Waals surface area contributed by atoms with E-state index in [4.69, 9.17) is 0 Å². The van der Waals surface area contributed by atoms with Crippen LogP contribution < -0.4 is 10.9 Å². The number of thioether (sulfide) groups is 1. The fourth-order valence-electron chi connectivity index (χ4n) is 2.46. The van der Waals surface area contributed by atoms with Crippen molar-refractivity contribution in [2.45, 2.75) is 37.5 Å². The van der Waals surface area contributed by atoms with Crippen LogP contribution in [0.4, 0.5) is 0 Å². The second kappa shape index (κ2) is 9.89. The number of carbonyl (C=O) groups excluding carboxylic acids is 2. The Morgan fingerprint density at radius 2 is 1.68 bits per heavy atom. The Bertz CT molecular complexity index is 687. The van der Waals surface area contributed by atoms with Crippen LogP contribution in [0.1, 0.15) is 36.8 Å². The van der Waals surface area contributed by atoms with Crippen LogP contribution in [0.2, 0.25) is 0 Å². The Kier molecular flexibility index (Phi) is 7.54. The Labute approximate surface area is 153 Å². The molecule has 0 radical (unpaired) electrons. The minimum Gasteiger partial charge on any atom is -0.273 e. The standard InChI is InChI=1S/C20H24N2O2S/c1-3-7-18(16-8-5-4-6-9-16)20(24)22-21-19(23)14-25-17-12-10-15(2)11-13-17/h4-6,8-13,18H,3,7,14H2,1-2H3,(H,21,23)(H,22,24). The topological polar surface area (TPSA) is 58.2 Å². The van der Waals surface area contributed by atoms with Crippen molar-refractivity contribution in [1.82, 2.24) is 10.9 Å². The Hall–Kier alpha value is -2.27. The molecule has 1 unspecified atom stereocenters. The molecular formula is C20H24N2O2S. The van der Waals surface area contributed by atoms with Gasteiger partial charge < -0.3 is 0 Å². The molecule has 25 heavy (non-hydrogen) atoms. The zero-order valence-electron chi connectivity index (χ0n) is 14.6. The third kappa shape index (κ3) is 6.27. The van der Waals surface area contributed by atoms with Crippen molar-refractivity contribution >= 4 is 23.6 Å². The van der Waals surface area contributed by atoms with Crippen molar-refractivity contribution in [2.24, 2.45) is 0 Å². The van der Waals surface area contributed by atoms with Crippen LogP contribution >= 0.6 is 11.8 Å². The van der Waals surface area contributed by atoms with Gasteiger partial charge in [-0.15, -0.1) is 11.8 Å². The number of hydrogen-bond acceptors (Lipinski definition) is 3. The molecule has 5 heteroatoms. The number of rotatable bonds is 7. The summed E-state index contributed by atoms with van der Waals surface area (Å²) < 4.78 is 0. The van der Waals surface area contributed by atoms with Gasteiger partial charge in [0, 0.05) is 4.90 Å². The first-order chi connectivity index (χ1) is 12.1. The molecule has 0 spiro atoms. The van der Waals surface area contributed by atoms with E-state index in [1.54, 1.807) is 0 Å². The van der Waals surface area contributed by atoms with E-state index in [9.17, 15) is 9.59 Å². The second-order valence-corrected chi connectivity index (χ2v) is 6.94. The van der Waals surface area contributed by atoms with Gasteiger partial charge >= 0.3 is 0 Å². The SMILES string of the molecule is CCCC(C(=O)NNC(=O)CSc1ccc(C)cc1)c1ccccc1. The van der Waals surface area contributed by atoms with Gasteiger partial charge in [-0.3, -0.25) is 20.4 Å². The van der Waals surface area contributed by atoms with Crippen molar-refractivity contribution in [1.29, 1.82) is 0 Å². The van der Waals surface area contributed by atoms with E-state index >= 15 is 0 Å². The first-order valence-electron chi connectivity index (χ1n) is 8.43. The predicted octanol–water partition coefficient (Wildman–Crippen LogP) is 3.82. The molecule has 2 rings (SSSR count). The lowest BCUT2D eigenvalue weighted by Crippen LogP contribution is -2.44. The summed E-state index contributed by atoms with van der Waals surface area (Å²) in [4.78, 5) is 25.4. The highest BCUT2D eigenvalue weighted by molar-refractivity contribution is 8.00. The fraction of sp³-hybridized carbons (Fsp3) is 0.300. The van der Waals surface area contributed by atoms with Gasteiger partial charge in [0.15, 0.2) is 0 Å². The molecule has 0 fully saturated rings. The number of carbonyl (C=O) groups is 2. The second-order valence-electron chi connectivity index (χ2n) is 5.89. The molecular weight excluding hydrogens is 332 g/mol. The fourth-order valence-corrected chi connectivity index (χ4v) is 3.16. The molecule has 2 aromatic rings. The summed E-state index contributed by atoms with van der Waals surface area (Å²) in [5, 5.41) is 0. The molecule has 1 atom stereocenters. The normalized spacial score (nSPS) is 11.6. The molecule has 0 aliphatic rings. The maximum atomic E-state index is 12.4. The van der Waals surface area contributed by atoms with E-state index in [1.165, 1.54) is 17.3 Å². The molecule has 0 aliphatic carbocycles. The van der Waals surface area contributed by atoms with Gasteiger partial charge in [0.1, 0.15) is 0 Å². The summed E-state index contributed by atoms with van der Waals surface area (Å²) in [5.41, 5.74) is 7.22. The monoisotopic (exact) mass is 356 g/mol. The molecule has 0 aromatic heterocycles. The Balaban J connectivity index is 1.82. The van der Waals surface area contributed by atoms with Crippen LogP contribution in [0, 0.1) is 6.92 Å². The number of hydrazine groups is 1.